The maximum Gasteiger partial charge on any atom is 0.162 e. The molecule has 4 aliphatic carbocycles. The number of allylic oxidation sites excluding steroid dienone is 1. The van der Waals surface area contributed by atoms with Gasteiger partial charge in [-0.25, -0.2) is 0 Å². The van der Waals surface area contributed by atoms with Gasteiger partial charge in [0, 0.05) is 17.1 Å². The van der Waals surface area contributed by atoms with Crippen molar-refractivity contribution in [1.82, 2.24) is 0 Å². The van der Waals surface area contributed by atoms with Crippen LogP contribution >= 0.6 is 67.8 Å². The molecule has 8 atom stereocenters. The summed E-state index contributed by atoms with van der Waals surface area (Å²) in [5.41, 5.74) is 3.70. The average Bonchev–Trinajstić information content (AvgIpc) is 3.26. The van der Waals surface area contributed by atoms with Crippen LogP contribution in [0.4, 0.5) is 0 Å². The van der Waals surface area contributed by atoms with Gasteiger partial charge in [-0.2, -0.15) is 0 Å². The van der Waals surface area contributed by atoms with E-state index < -0.39 is 0 Å². The van der Waals surface area contributed by atoms with Crippen molar-refractivity contribution < 1.29 is 9.53 Å². The lowest BCUT2D eigenvalue weighted by atomic mass is 9.47. The number of hydrogen-bond donors (Lipinski definition) is 0. The van der Waals surface area contributed by atoms with Crippen molar-refractivity contribution in [2.75, 3.05) is 6.61 Å². The molecule has 0 aliphatic heterocycles. The van der Waals surface area contributed by atoms with E-state index in [4.69, 9.17) is 4.74 Å². The molecular formula is C36H51I3O2. The minimum atomic E-state index is 0.195. The second-order valence-electron chi connectivity index (χ2n) is 15.0. The normalized spacial score (nSPS) is 35.4. The number of rotatable bonds is 10. The van der Waals surface area contributed by atoms with Gasteiger partial charge in [0.25, 0.3) is 0 Å². The predicted molar refractivity (Wildman–Crippen MR) is 196 cm³/mol. The van der Waals surface area contributed by atoms with Crippen molar-refractivity contribution in [1.29, 1.82) is 0 Å². The summed E-state index contributed by atoms with van der Waals surface area (Å²) in [4.78, 5) is 12.9. The van der Waals surface area contributed by atoms with E-state index in [-0.39, 0.29) is 18.5 Å². The molecule has 0 amide bonds. The number of ketones is 1. The molecule has 3 unspecified atom stereocenters. The minimum Gasteiger partial charge on any atom is -0.370 e. The Hall–Kier alpha value is 0.780. The summed E-state index contributed by atoms with van der Waals surface area (Å²) in [5.74, 6) is 5.45. The number of carbonyl (C=O) groups excluding carboxylic acids is 1. The maximum atomic E-state index is 12.9. The Kier molecular flexibility index (Phi) is 11.0. The first-order chi connectivity index (χ1) is 19.4. The molecule has 1 aromatic carbocycles. The number of halogens is 3. The molecular weight excluding hydrogens is 845 g/mol. The number of fused-ring (bicyclic) bond motifs is 5. The van der Waals surface area contributed by atoms with Gasteiger partial charge in [-0.05, 0) is 183 Å². The van der Waals surface area contributed by atoms with Crippen molar-refractivity contribution in [3.63, 3.8) is 0 Å². The smallest absolute Gasteiger partial charge is 0.162 e. The number of hydrogen-bond acceptors (Lipinski definition) is 2. The lowest BCUT2D eigenvalue weighted by Gasteiger charge is -2.58. The summed E-state index contributed by atoms with van der Waals surface area (Å²) < 4.78 is 9.91. The Morgan fingerprint density at radius 1 is 0.976 bits per heavy atom. The van der Waals surface area contributed by atoms with Crippen molar-refractivity contribution in [2.45, 2.75) is 118 Å². The zero-order valence-electron chi connectivity index (χ0n) is 25.9. The van der Waals surface area contributed by atoms with Crippen LogP contribution in [0.15, 0.2) is 23.8 Å². The molecule has 0 saturated heterocycles. The van der Waals surface area contributed by atoms with Crippen LogP contribution < -0.4 is 0 Å². The minimum absolute atomic E-state index is 0.195. The van der Waals surface area contributed by atoms with Gasteiger partial charge in [-0.1, -0.05) is 65.5 Å². The molecule has 0 heterocycles. The van der Waals surface area contributed by atoms with E-state index in [1.54, 1.807) is 5.57 Å². The fourth-order valence-corrected chi connectivity index (χ4v) is 14.0. The van der Waals surface area contributed by atoms with Gasteiger partial charge in [0.2, 0.25) is 0 Å². The molecule has 41 heavy (non-hydrogen) atoms. The SMILES string of the molecule is CC(C)CCC[C@@H](C)[C@H]1CCC2C3CC=C4C[C@@H](OCC(=O)Cc5c(I)cc(I)cc5I)CC[C@]4(C)C3CC[C@@]21C. The lowest BCUT2D eigenvalue weighted by Crippen LogP contribution is -2.51. The summed E-state index contributed by atoms with van der Waals surface area (Å²) in [7, 11) is 0. The van der Waals surface area contributed by atoms with Gasteiger partial charge >= 0.3 is 0 Å². The summed E-state index contributed by atoms with van der Waals surface area (Å²) in [5, 5.41) is 0. The van der Waals surface area contributed by atoms with E-state index in [1.807, 2.05) is 0 Å². The highest BCUT2D eigenvalue weighted by atomic mass is 127. The first-order valence-corrected chi connectivity index (χ1v) is 19.6. The molecule has 3 saturated carbocycles. The first kappa shape index (κ1) is 33.2. The van der Waals surface area contributed by atoms with Gasteiger partial charge < -0.3 is 4.74 Å². The Bertz CT molecular complexity index is 1120. The Morgan fingerprint density at radius 3 is 2.41 bits per heavy atom. The Balaban J connectivity index is 1.19. The van der Waals surface area contributed by atoms with Gasteiger partial charge in [-0.3, -0.25) is 4.79 Å². The second kappa shape index (κ2) is 13.6. The third-order valence-electron chi connectivity index (χ3n) is 12.2. The molecule has 0 aromatic heterocycles. The third kappa shape index (κ3) is 6.97. The van der Waals surface area contributed by atoms with Gasteiger partial charge in [0.1, 0.15) is 6.61 Å². The fourth-order valence-electron chi connectivity index (χ4n) is 9.99. The fraction of sp³-hybridized carbons (Fsp3) is 0.750. The Morgan fingerprint density at radius 2 is 1.71 bits per heavy atom. The summed E-state index contributed by atoms with van der Waals surface area (Å²) in [6, 6.07) is 4.32. The van der Waals surface area contributed by atoms with Crippen molar-refractivity contribution in [3.05, 3.63) is 40.1 Å². The van der Waals surface area contributed by atoms with Crippen LogP contribution in [0, 0.1) is 57.0 Å². The molecule has 1 aromatic rings. The number of benzene rings is 1. The quantitative estimate of drug-likeness (QED) is 0.173. The van der Waals surface area contributed by atoms with Crippen LogP contribution in [0.5, 0.6) is 0 Å². The van der Waals surface area contributed by atoms with Crippen LogP contribution in [0.3, 0.4) is 0 Å². The lowest BCUT2D eigenvalue weighted by molar-refractivity contribution is -0.126. The van der Waals surface area contributed by atoms with Crippen LogP contribution in [-0.4, -0.2) is 18.5 Å². The molecule has 0 N–H and O–H groups in total. The van der Waals surface area contributed by atoms with Crippen LogP contribution in [0.25, 0.3) is 0 Å². The second-order valence-corrected chi connectivity index (χ2v) is 18.6. The molecule has 0 radical (unpaired) electrons. The molecule has 2 nitrogen and oxygen atoms in total. The predicted octanol–water partition coefficient (Wildman–Crippen LogP) is 11.0. The van der Waals surface area contributed by atoms with E-state index in [0.29, 0.717) is 17.3 Å². The maximum absolute atomic E-state index is 12.9. The van der Waals surface area contributed by atoms with Crippen LogP contribution in [-0.2, 0) is 16.0 Å². The Labute approximate surface area is 291 Å². The molecule has 4 aliphatic rings. The van der Waals surface area contributed by atoms with Gasteiger partial charge in [0.15, 0.2) is 5.78 Å². The van der Waals surface area contributed by atoms with Crippen molar-refractivity contribution >= 4 is 73.6 Å². The topological polar surface area (TPSA) is 26.3 Å². The van der Waals surface area contributed by atoms with E-state index in [9.17, 15) is 4.79 Å². The molecule has 0 bridgehead atoms. The highest BCUT2D eigenvalue weighted by Gasteiger charge is 2.59. The summed E-state index contributed by atoms with van der Waals surface area (Å²) in [6.07, 6.45) is 17.9. The van der Waals surface area contributed by atoms with E-state index >= 15 is 0 Å². The number of Topliss-reactive ketones (excluding diaryl/α,β-unsaturated/α-hetero) is 1. The number of carbonyl (C=O) groups is 1. The molecule has 3 fully saturated rings. The standard InChI is InChI=1S/C36H51I3O2/c1-22(2)7-6-8-23(3)30-11-12-31-28-10-9-24-17-27(13-15-35(24,4)32(28)14-16-36(30,31)5)41-21-26(40)20-29-33(38)18-25(37)19-34(29)39/h9,18-19,22-23,27-28,30-32H,6-8,10-17,20-21H2,1-5H3/t23-,27+,28?,30-,31?,32?,35+,36-/m1/s1. The zero-order valence-corrected chi connectivity index (χ0v) is 32.4. The molecule has 5 heteroatoms. The number of ether oxygens (including phenoxy) is 1. The van der Waals surface area contributed by atoms with Crippen LogP contribution in [0.2, 0.25) is 0 Å². The third-order valence-corrected chi connectivity index (χ3v) is 14.8. The van der Waals surface area contributed by atoms with E-state index in [0.717, 1.165) is 53.9 Å². The monoisotopic (exact) mass is 896 g/mol. The highest BCUT2D eigenvalue weighted by Crippen LogP contribution is 2.67. The van der Waals surface area contributed by atoms with Gasteiger partial charge in [0.05, 0.1) is 6.10 Å². The average molecular weight is 897 g/mol. The van der Waals surface area contributed by atoms with Crippen molar-refractivity contribution in [2.24, 2.45) is 46.3 Å². The summed E-state index contributed by atoms with van der Waals surface area (Å²) in [6.45, 7) is 12.9. The molecule has 0 spiro atoms. The highest BCUT2D eigenvalue weighted by molar-refractivity contribution is 14.1. The molecule has 228 valence electrons. The largest absolute Gasteiger partial charge is 0.370 e. The van der Waals surface area contributed by atoms with E-state index in [2.05, 4.69) is 121 Å². The van der Waals surface area contributed by atoms with Crippen molar-refractivity contribution in [3.8, 4) is 0 Å². The van der Waals surface area contributed by atoms with E-state index in [1.165, 1.54) is 68.5 Å². The van der Waals surface area contributed by atoms with Gasteiger partial charge in [-0.15, -0.1) is 0 Å². The zero-order chi connectivity index (χ0) is 29.5. The summed E-state index contributed by atoms with van der Waals surface area (Å²) >= 11 is 7.08. The molecule has 5 rings (SSSR count). The first-order valence-electron chi connectivity index (χ1n) is 16.4. The van der Waals surface area contributed by atoms with Crippen LogP contribution in [0.1, 0.15) is 111 Å².